The van der Waals surface area contributed by atoms with Crippen molar-refractivity contribution in [1.82, 2.24) is 5.32 Å². The molecule has 1 amide bonds. The minimum atomic E-state index is -0.933. The quantitative estimate of drug-likeness (QED) is 0.606. The number of carbonyl (C=O) groups excluding carboxylic acids is 1. The third kappa shape index (κ3) is 4.01. The van der Waals surface area contributed by atoms with Crippen LogP contribution in [0.15, 0.2) is 24.3 Å². The summed E-state index contributed by atoms with van der Waals surface area (Å²) in [4.78, 5) is 33.9. The van der Waals surface area contributed by atoms with Crippen LogP contribution in [0.5, 0.6) is 5.75 Å². The maximum Gasteiger partial charge on any atom is 0.310 e. The van der Waals surface area contributed by atoms with E-state index in [4.69, 9.17) is 4.74 Å². The van der Waals surface area contributed by atoms with Crippen LogP contribution in [0, 0.1) is 16.0 Å². The Labute approximate surface area is 139 Å². The summed E-state index contributed by atoms with van der Waals surface area (Å²) in [7, 11) is 0. The number of rotatable bonds is 6. The van der Waals surface area contributed by atoms with Gasteiger partial charge in [-0.3, -0.25) is 19.7 Å². The highest BCUT2D eigenvalue weighted by molar-refractivity contribution is 5.80. The summed E-state index contributed by atoms with van der Waals surface area (Å²) >= 11 is 0. The van der Waals surface area contributed by atoms with Crippen molar-refractivity contribution in [3.8, 4) is 5.75 Å². The minimum absolute atomic E-state index is 0.00114. The van der Waals surface area contributed by atoms with E-state index >= 15 is 0 Å². The molecule has 0 aromatic heterocycles. The van der Waals surface area contributed by atoms with E-state index in [1.54, 1.807) is 13.0 Å². The van der Waals surface area contributed by atoms with Gasteiger partial charge in [0.25, 0.3) is 5.91 Å². The number of hydrogen-bond donors (Lipinski definition) is 2. The molecule has 130 valence electrons. The van der Waals surface area contributed by atoms with Gasteiger partial charge >= 0.3 is 11.7 Å². The molecule has 0 aliphatic heterocycles. The average Bonchev–Trinajstić information content (AvgIpc) is 2.52. The highest BCUT2D eigenvalue weighted by atomic mass is 16.6. The van der Waals surface area contributed by atoms with Gasteiger partial charge in [-0.15, -0.1) is 0 Å². The molecule has 2 N–H and O–H groups in total. The van der Waals surface area contributed by atoms with Gasteiger partial charge in [0.1, 0.15) is 0 Å². The second kappa shape index (κ2) is 7.29. The Balaban J connectivity index is 2.00. The standard InChI is InChI=1S/C16H20N2O6/c1-16(9-5-4-6-11(16)15(20)21)17-14(19)10-24-13-8-3-2-7-12(13)18(22)23/h2-3,7-8,11H,4-6,9-10H2,1H3,(H,17,19)(H,20,21). The lowest BCUT2D eigenvalue weighted by atomic mass is 9.74. The van der Waals surface area contributed by atoms with Crippen molar-refractivity contribution in [3.63, 3.8) is 0 Å². The van der Waals surface area contributed by atoms with Crippen LogP contribution in [0.4, 0.5) is 5.69 Å². The highest BCUT2D eigenvalue weighted by Crippen LogP contribution is 2.34. The summed E-state index contributed by atoms with van der Waals surface area (Å²) in [5, 5.41) is 23.0. The topological polar surface area (TPSA) is 119 Å². The zero-order chi connectivity index (χ0) is 17.7. The second-order valence-corrected chi connectivity index (χ2v) is 6.12. The SMILES string of the molecule is CC1(NC(=O)COc2ccccc2[N+](=O)[O-])CCCCC1C(=O)O. The van der Waals surface area contributed by atoms with E-state index in [-0.39, 0.29) is 11.4 Å². The van der Waals surface area contributed by atoms with E-state index in [2.05, 4.69) is 5.32 Å². The number of ether oxygens (including phenoxy) is 1. The average molecular weight is 336 g/mol. The molecule has 2 unspecified atom stereocenters. The summed E-state index contributed by atoms with van der Waals surface area (Å²) in [5.74, 6) is -2.08. The molecule has 24 heavy (non-hydrogen) atoms. The molecular formula is C16H20N2O6. The van der Waals surface area contributed by atoms with Crippen LogP contribution >= 0.6 is 0 Å². The monoisotopic (exact) mass is 336 g/mol. The highest BCUT2D eigenvalue weighted by Gasteiger charge is 2.42. The van der Waals surface area contributed by atoms with Gasteiger partial charge in [0.2, 0.25) is 0 Å². The lowest BCUT2D eigenvalue weighted by Gasteiger charge is -2.39. The van der Waals surface area contributed by atoms with Gasteiger partial charge in [-0.1, -0.05) is 25.0 Å². The molecule has 0 spiro atoms. The first-order valence-electron chi connectivity index (χ1n) is 7.73. The van der Waals surface area contributed by atoms with E-state index < -0.39 is 34.9 Å². The number of amides is 1. The van der Waals surface area contributed by atoms with Crippen LogP contribution in [0.1, 0.15) is 32.6 Å². The van der Waals surface area contributed by atoms with Crippen molar-refractivity contribution in [1.29, 1.82) is 0 Å². The zero-order valence-corrected chi connectivity index (χ0v) is 13.4. The largest absolute Gasteiger partial charge is 0.481 e. The maximum atomic E-state index is 12.1. The lowest BCUT2D eigenvalue weighted by molar-refractivity contribution is -0.385. The van der Waals surface area contributed by atoms with E-state index in [0.29, 0.717) is 12.8 Å². The molecule has 1 aromatic rings. The molecule has 2 rings (SSSR count). The molecule has 1 aliphatic carbocycles. The Hall–Kier alpha value is -2.64. The maximum absolute atomic E-state index is 12.1. The van der Waals surface area contributed by atoms with Gasteiger partial charge in [-0.2, -0.15) is 0 Å². The summed E-state index contributed by atoms with van der Waals surface area (Å²) in [5.41, 5.74) is -1.06. The van der Waals surface area contributed by atoms with Crippen LogP contribution in [0.25, 0.3) is 0 Å². The molecule has 2 atom stereocenters. The minimum Gasteiger partial charge on any atom is -0.481 e. The summed E-state index contributed by atoms with van der Waals surface area (Å²) in [6.07, 6.45) is 2.74. The fraction of sp³-hybridized carbons (Fsp3) is 0.500. The normalized spacial score (nSPS) is 23.3. The smallest absolute Gasteiger partial charge is 0.310 e. The van der Waals surface area contributed by atoms with E-state index in [1.807, 2.05) is 0 Å². The van der Waals surface area contributed by atoms with Crippen LogP contribution in [0.2, 0.25) is 0 Å². The molecule has 0 saturated heterocycles. The number of nitrogens with one attached hydrogen (secondary N) is 1. The number of nitrogens with zero attached hydrogens (tertiary/aromatic N) is 1. The Morgan fingerprint density at radius 1 is 1.42 bits per heavy atom. The van der Waals surface area contributed by atoms with E-state index in [0.717, 1.165) is 12.8 Å². The van der Waals surface area contributed by atoms with Gasteiger partial charge in [0.15, 0.2) is 12.4 Å². The number of nitro benzene ring substituents is 1. The molecule has 0 bridgehead atoms. The summed E-state index contributed by atoms with van der Waals surface area (Å²) in [6, 6.07) is 5.78. The number of nitro groups is 1. The molecule has 8 heteroatoms. The number of benzene rings is 1. The van der Waals surface area contributed by atoms with E-state index in [9.17, 15) is 24.8 Å². The third-order valence-corrected chi connectivity index (χ3v) is 4.35. The zero-order valence-electron chi connectivity index (χ0n) is 13.4. The molecule has 1 aromatic carbocycles. The second-order valence-electron chi connectivity index (χ2n) is 6.12. The van der Waals surface area contributed by atoms with Crippen molar-refractivity contribution >= 4 is 17.6 Å². The van der Waals surface area contributed by atoms with Crippen LogP contribution < -0.4 is 10.1 Å². The summed E-state index contributed by atoms with van der Waals surface area (Å²) in [6.45, 7) is 1.31. The predicted octanol–water partition coefficient (Wildman–Crippen LogP) is 2.12. The number of aliphatic carboxylic acids is 1. The fourth-order valence-electron chi connectivity index (χ4n) is 3.11. The molecule has 0 radical (unpaired) electrons. The van der Waals surface area contributed by atoms with Gasteiger partial charge in [0, 0.05) is 6.07 Å². The van der Waals surface area contributed by atoms with Crippen molar-refractivity contribution in [2.24, 2.45) is 5.92 Å². The number of carboxylic acids is 1. The Morgan fingerprint density at radius 3 is 2.79 bits per heavy atom. The van der Waals surface area contributed by atoms with Crippen LogP contribution in [-0.4, -0.2) is 34.1 Å². The molecule has 1 saturated carbocycles. The van der Waals surface area contributed by atoms with Crippen LogP contribution in [-0.2, 0) is 9.59 Å². The molecule has 1 aliphatic rings. The Bertz CT molecular complexity index is 647. The Kier molecular flexibility index (Phi) is 5.38. The Morgan fingerprint density at radius 2 is 2.12 bits per heavy atom. The molecule has 1 fully saturated rings. The number of hydrogen-bond acceptors (Lipinski definition) is 5. The van der Waals surface area contributed by atoms with Crippen LogP contribution in [0.3, 0.4) is 0 Å². The molecule has 8 nitrogen and oxygen atoms in total. The molecule has 0 heterocycles. The first kappa shape index (κ1) is 17.7. The number of carbonyl (C=O) groups is 2. The van der Waals surface area contributed by atoms with Crippen molar-refractivity contribution in [2.75, 3.05) is 6.61 Å². The fourth-order valence-corrected chi connectivity index (χ4v) is 3.11. The third-order valence-electron chi connectivity index (χ3n) is 4.35. The van der Waals surface area contributed by atoms with E-state index in [1.165, 1.54) is 18.2 Å². The van der Waals surface area contributed by atoms with Crippen molar-refractivity contribution in [2.45, 2.75) is 38.1 Å². The lowest BCUT2D eigenvalue weighted by Crippen LogP contribution is -2.56. The number of carboxylic acid groups (broad SMARTS) is 1. The van der Waals surface area contributed by atoms with Gasteiger partial charge in [-0.25, -0.2) is 0 Å². The van der Waals surface area contributed by atoms with Crippen molar-refractivity contribution in [3.05, 3.63) is 34.4 Å². The first-order valence-corrected chi connectivity index (χ1v) is 7.73. The van der Waals surface area contributed by atoms with Gasteiger partial charge in [0.05, 0.1) is 16.4 Å². The first-order chi connectivity index (χ1) is 11.3. The van der Waals surface area contributed by atoms with Gasteiger partial charge in [-0.05, 0) is 25.8 Å². The van der Waals surface area contributed by atoms with Gasteiger partial charge < -0.3 is 15.2 Å². The van der Waals surface area contributed by atoms with Crippen molar-refractivity contribution < 1.29 is 24.4 Å². The summed E-state index contributed by atoms with van der Waals surface area (Å²) < 4.78 is 5.24. The number of para-hydroxylation sites is 2. The molecular weight excluding hydrogens is 316 g/mol. The predicted molar refractivity (Wildman–Crippen MR) is 84.7 cm³/mol.